The molecule has 1 amide bonds. The molecule has 0 fully saturated rings. The summed E-state index contributed by atoms with van der Waals surface area (Å²) < 4.78 is 67.3. The largest absolute Gasteiger partial charge is 0.463 e. The number of halogens is 5. The monoisotopic (exact) mass is 461 g/mol. The molecule has 174 valence electrons. The Labute approximate surface area is 189 Å². The predicted octanol–water partition coefficient (Wildman–Crippen LogP) is 7.00. The van der Waals surface area contributed by atoms with Crippen LogP contribution in [0.1, 0.15) is 42.0 Å². The molecule has 0 saturated carbocycles. The van der Waals surface area contributed by atoms with Crippen molar-refractivity contribution in [3.63, 3.8) is 0 Å². The standard InChI is InChI=1S/C26H24F5NO/c1-19(20-11-5-2-6-12-20)32(24(33)25(27,28)26(29,30)31)18-17-23(21-13-7-3-8-14-21)22-15-9-4-10-16-22/h2-16,19,23H,17-18H2,1H3. The van der Waals surface area contributed by atoms with E-state index in [0.29, 0.717) is 10.5 Å². The summed E-state index contributed by atoms with van der Waals surface area (Å²) in [5.74, 6) is -8.01. The lowest BCUT2D eigenvalue weighted by Gasteiger charge is -2.34. The lowest BCUT2D eigenvalue weighted by atomic mass is 9.88. The van der Waals surface area contributed by atoms with E-state index >= 15 is 0 Å². The van der Waals surface area contributed by atoms with Crippen LogP contribution in [-0.4, -0.2) is 29.5 Å². The molecule has 0 N–H and O–H groups in total. The summed E-state index contributed by atoms with van der Waals surface area (Å²) in [5.41, 5.74) is 2.23. The fourth-order valence-electron chi connectivity index (χ4n) is 3.85. The number of nitrogens with zero attached hydrogens (tertiary/aromatic N) is 1. The molecule has 0 heterocycles. The third kappa shape index (κ3) is 5.59. The van der Waals surface area contributed by atoms with Crippen LogP contribution in [-0.2, 0) is 4.79 Å². The molecule has 3 rings (SSSR count). The highest BCUT2D eigenvalue weighted by Crippen LogP contribution is 2.39. The van der Waals surface area contributed by atoms with E-state index in [4.69, 9.17) is 0 Å². The topological polar surface area (TPSA) is 20.3 Å². The van der Waals surface area contributed by atoms with Crippen LogP contribution in [0.15, 0.2) is 91.0 Å². The molecule has 0 bridgehead atoms. The molecule has 0 aliphatic carbocycles. The smallest absolute Gasteiger partial charge is 0.330 e. The van der Waals surface area contributed by atoms with Crippen LogP contribution in [0.3, 0.4) is 0 Å². The SMILES string of the molecule is CC(c1ccccc1)N(CCC(c1ccccc1)c1ccccc1)C(=O)C(F)(F)C(F)(F)F. The summed E-state index contributed by atoms with van der Waals surface area (Å²) in [6.07, 6.45) is -5.80. The summed E-state index contributed by atoms with van der Waals surface area (Å²) in [4.78, 5) is 13.2. The van der Waals surface area contributed by atoms with Gasteiger partial charge in [0.15, 0.2) is 0 Å². The van der Waals surface area contributed by atoms with Gasteiger partial charge in [-0.3, -0.25) is 4.79 Å². The maximum atomic E-state index is 14.1. The van der Waals surface area contributed by atoms with Gasteiger partial charge in [0, 0.05) is 12.5 Å². The Hall–Kier alpha value is -3.22. The van der Waals surface area contributed by atoms with Gasteiger partial charge in [-0.25, -0.2) is 0 Å². The Balaban J connectivity index is 1.95. The number of carbonyl (C=O) groups excluding carboxylic acids is 1. The minimum absolute atomic E-state index is 0.172. The predicted molar refractivity (Wildman–Crippen MR) is 117 cm³/mol. The number of carbonyl (C=O) groups is 1. The van der Waals surface area contributed by atoms with E-state index in [0.717, 1.165) is 11.1 Å². The molecule has 3 aromatic carbocycles. The second-order valence-electron chi connectivity index (χ2n) is 7.82. The minimum Gasteiger partial charge on any atom is -0.330 e. The van der Waals surface area contributed by atoms with Crippen molar-refractivity contribution < 1.29 is 26.7 Å². The maximum Gasteiger partial charge on any atom is 0.463 e. The fraction of sp³-hybridized carbons (Fsp3) is 0.269. The van der Waals surface area contributed by atoms with E-state index in [2.05, 4.69) is 0 Å². The van der Waals surface area contributed by atoms with Crippen molar-refractivity contribution in [2.24, 2.45) is 0 Å². The molecule has 0 radical (unpaired) electrons. The summed E-state index contributed by atoms with van der Waals surface area (Å²) >= 11 is 0. The fourth-order valence-corrected chi connectivity index (χ4v) is 3.85. The first kappa shape index (κ1) is 24.4. The zero-order valence-electron chi connectivity index (χ0n) is 18.0. The molecule has 1 atom stereocenters. The van der Waals surface area contributed by atoms with E-state index < -0.39 is 24.0 Å². The first-order valence-corrected chi connectivity index (χ1v) is 10.5. The zero-order valence-corrected chi connectivity index (χ0v) is 18.0. The van der Waals surface area contributed by atoms with Crippen LogP contribution >= 0.6 is 0 Å². The first-order valence-electron chi connectivity index (χ1n) is 10.5. The second kappa shape index (κ2) is 10.1. The molecule has 2 nitrogen and oxygen atoms in total. The van der Waals surface area contributed by atoms with Gasteiger partial charge in [-0.1, -0.05) is 91.0 Å². The summed E-state index contributed by atoms with van der Waals surface area (Å²) in [6, 6.07) is 25.7. The van der Waals surface area contributed by atoms with Gasteiger partial charge in [-0.05, 0) is 30.0 Å². The van der Waals surface area contributed by atoms with Crippen molar-refractivity contribution >= 4 is 5.91 Å². The van der Waals surface area contributed by atoms with E-state index in [1.54, 1.807) is 30.3 Å². The number of hydrogen-bond donors (Lipinski definition) is 0. The molecule has 7 heteroatoms. The van der Waals surface area contributed by atoms with Crippen LogP contribution in [0.25, 0.3) is 0 Å². The highest BCUT2D eigenvalue weighted by Gasteiger charge is 2.65. The van der Waals surface area contributed by atoms with Crippen molar-refractivity contribution in [2.45, 2.75) is 37.4 Å². The van der Waals surface area contributed by atoms with Crippen molar-refractivity contribution in [3.8, 4) is 0 Å². The lowest BCUT2D eigenvalue weighted by Crippen LogP contribution is -2.53. The highest BCUT2D eigenvalue weighted by atomic mass is 19.4. The Morgan fingerprint density at radius 1 is 0.727 bits per heavy atom. The Kier molecular flexibility index (Phi) is 7.51. The van der Waals surface area contributed by atoms with Crippen LogP contribution in [0.4, 0.5) is 22.0 Å². The van der Waals surface area contributed by atoms with Crippen LogP contribution < -0.4 is 0 Å². The Morgan fingerprint density at radius 3 is 1.52 bits per heavy atom. The van der Waals surface area contributed by atoms with Gasteiger partial charge in [0.05, 0.1) is 6.04 Å². The van der Waals surface area contributed by atoms with E-state index in [-0.39, 0.29) is 18.9 Å². The summed E-state index contributed by atoms with van der Waals surface area (Å²) in [7, 11) is 0. The Bertz CT molecular complexity index is 983. The molecular formula is C26H24F5NO. The average Bonchev–Trinajstić information content (AvgIpc) is 2.82. The molecule has 3 aromatic rings. The lowest BCUT2D eigenvalue weighted by molar-refractivity contribution is -0.275. The van der Waals surface area contributed by atoms with Crippen LogP contribution in [0.5, 0.6) is 0 Å². The molecule has 0 aliphatic heterocycles. The van der Waals surface area contributed by atoms with Crippen molar-refractivity contribution in [2.75, 3.05) is 6.54 Å². The quantitative estimate of drug-likeness (QED) is 0.331. The molecule has 0 aromatic heterocycles. The number of benzene rings is 3. The molecule has 0 saturated heterocycles. The molecular weight excluding hydrogens is 437 g/mol. The minimum atomic E-state index is -5.98. The molecule has 1 unspecified atom stereocenters. The third-order valence-corrected chi connectivity index (χ3v) is 5.70. The average molecular weight is 461 g/mol. The summed E-state index contributed by atoms with van der Waals surface area (Å²) in [5, 5.41) is 0. The van der Waals surface area contributed by atoms with Crippen LogP contribution in [0, 0.1) is 0 Å². The van der Waals surface area contributed by atoms with Gasteiger partial charge in [0.1, 0.15) is 0 Å². The van der Waals surface area contributed by atoms with Gasteiger partial charge in [-0.15, -0.1) is 0 Å². The van der Waals surface area contributed by atoms with Gasteiger partial charge >= 0.3 is 18.0 Å². The molecule has 0 spiro atoms. The first-order chi connectivity index (χ1) is 15.6. The number of rotatable bonds is 8. The van der Waals surface area contributed by atoms with Gasteiger partial charge in [0.25, 0.3) is 0 Å². The van der Waals surface area contributed by atoms with Crippen LogP contribution in [0.2, 0.25) is 0 Å². The van der Waals surface area contributed by atoms with Gasteiger partial charge in [-0.2, -0.15) is 22.0 Å². The van der Waals surface area contributed by atoms with Gasteiger partial charge < -0.3 is 4.90 Å². The van der Waals surface area contributed by atoms with Gasteiger partial charge in [0.2, 0.25) is 0 Å². The highest BCUT2D eigenvalue weighted by molar-refractivity contribution is 5.84. The maximum absolute atomic E-state index is 14.1. The number of amides is 1. The normalized spacial score (nSPS) is 13.1. The van der Waals surface area contributed by atoms with Crippen molar-refractivity contribution in [1.82, 2.24) is 4.90 Å². The second-order valence-corrected chi connectivity index (χ2v) is 7.82. The van der Waals surface area contributed by atoms with E-state index in [9.17, 15) is 26.7 Å². The molecule has 33 heavy (non-hydrogen) atoms. The zero-order chi connectivity index (χ0) is 24.1. The van der Waals surface area contributed by atoms with Crippen molar-refractivity contribution in [1.29, 1.82) is 0 Å². The number of alkyl halides is 5. The Morgan fingerprint density at radius 2 is 1.12 bits per heavy atom. The van der Waals surface area contributed by atoms with Crippen molar-refractivity contribution in [3.05, 3.63) is 108 Å². The number of hydrogen-bond acceptors (Lipinski definition) is 1. The summed E-state index contributed by atoms with van der Waals surface area (Å²) in [6.45, 7) is 1.18. The van der Waals surface area contributed by atoms with E-state index in [1.165, 1.54) is 6.92 Å². The van der Waals surface area contributed by atoms with E-state index in [1.807, 2.05) is 60.7 Å². The molecule has 0 aliphatic rings. The third-order valence-electron chi connectivity index (χ3n) is 5.70.